The molecule has 0 radical (unpaired) electrons. The summed E-state index contributed by atoms with van der Waals surface area (Å²) in [5.41, 5.74) is 6.79. The van der Waals surface area contributed by atoms with Gasteiger partial charge in [0.05, 0.1) is 5.56 Å². The third-order valence-electron chi connectivity index (χ3n) is 5.42. The minimum absolute atomic E-state index is 0.0205. The van der Waals surface area contributed by atoms with E-state index >= 15 is 0 Å². The lowest BCUT2D eigenvalue weighted by molar-refractivity contribution is -0.772. The van der Waals surface area contributed by atoms with Crippen LogP contribution in [0.15, 0.2) is 48.5 Å². The third-order valence-corrected chi connectivity index (χ3v) is 5.42. The fourth-order valence-electron chi connectivity index (χ4n) is 4.08. The van der Waals surface area contributed by atoms with E-state index in [0.29, 0.717) is 5.92 Å². The molecule has 0 spiro atoms. The number of ether oxygens (including phenoxy) is 1. The number of hydrogen-bond acceptors (Lipinski definition) is 2. The number of rotatable bonds is 5. The van der Waals surface area contributed by atoms with Crippen LogP contribution in [0, 0.1) is 12.8 Å². The molecule has 0 aliphatic carbocycles. The lowest BCUT2D eigenvalue weighted by atomic mass is 9.82. The lowest BCUT2D eigenvalue weighted by Gasteiger charge is -2.23. The fourth-order valence-corrected chi connectivity index (χ4v) is 4.08. The molecule has 29 heavy (non-hydrogen) atoms. The first-order chi connectivity index (χ1) is 13.6. The van der Waals surface area contributed by atoms with Crippen molar-refractivity contribution in [2.45, 2.75) is 59.8 Å². The molecule has 0 fully saturated rings. The minimum Gasteiger partial charge on any atom is -0.313 e. The molecule has 0 amide bonds. The molecule has 1 heterocycles. The molecule has 2 aromatic carbocycles. The average molecular weight is 393 g/mol. The van der Waals surface area contributed by atoms with Gasteiger partial charge in [0.25, 0.3) is 0 Å². The van der Waals surface area contributed by atoms with E-state index < -0.39 is 6.41 Å². The van der Waals surface area contributed by atoms with Crippen molar-refractivity contribution in [1.82, 2.24) is 0 Å². The van der Waals surface area contributed by atoms with E-state index in [1.54, 1.807) is 7.11 Å². The van der Waals surface area contributed by atoms with E-state index in [1.807, 2.05) is 4.57 Å². The van der Waals surface area contributed by atoms with E-state index in [2.05, 4.69) is 90.1 Å². The summed E-state index contributed by atoms with van der Waals surface area (Å²) in [6.45, 7) is 13.2. The van der Waals surface area contributed by atoms with Gasteiger partial charge in [0, 0.05) is 24.6 Å². The zero-order valence-electron chi connectivity index (χ0n) is 18.8. The molecule has 3 rings (SSSR count). The number of pyridine rings is 1. The number of methoxy groups -OCH3 is 1. The van der Waals surface area contributed by atoms with Crippen molar-refractivity contribution in [1.29, 1.82) is 0 Å². The lowest BCUT2D eigenvalue weighted by Crippen LogP contribution is -2.43. The summed E-state index contributed by atoms with van der Waals surface area (Å²) in [5.74, 6) is 0.561. The summed E-state index contributed by atoms with van der Waals surface area (Å²) < 4.78 is 7.32. The first kappa shape index (κ1) is 21.5. The van der Waals surface area contributed by atoms with Crippen LogP contribution in [0.1, 0.15) is 57.7 Å². The Morgan fingerprint density at radius 2 is 1.76 bits per heavy atom. The first-order valence-electron chi connectivity index (χ1n) is 10.4. The fraction of sp³-hybridized carbons (Fsp3) is 0.423. The topological polar surface area (TPSA) is 33.3 Å². The predicted molar refractivity (Wildman–Crippen MR) is 120 cm³/mol. The third kappa shape index (κ3) is 4.36. The van der Waals surface area contributed by atoms with Crippen molar-refractivity contribution in [3.63, 3.8) is 0 Å². The molecule has 3 aromatic rings. The largest absolute Gasteiger partial charge is 0.379 e. The molecule has 0 saturated heterocycles. The Labute approximate surface area is 175 Å². The summed E-state index contributed by atoms with van der Waals surface area (Å²) >= 11 is 0. The van der Waals surface area contributed by atoms with E-state index in [4.69, 9.17) is 4.74 Å². The highest BCUT2D eigenvalue weighted by atomic mass is 16.6. The van der Waals surface area contributed by atoms with Gasteiger partial charge in [0.2, 0.25) is 11.2 Å². The van der Waals surface area contributed by atoms with Gasteiger partial charge in [-0.3, -0.25) is 0 Å². The molecule has 0 unspecified atom stereocenters. The van der Waals surface area contributed by atoms with Crippen LogP contribution in [0.4, 0.5) is 0 Å². The average Bonchev–Trinajstić information content (AvgIpc) is 2.65. The monoisotopic (exact) mass is 392 g/mol. The van der Waals surface area contributed by atoms with Gasteiger partial charge in [0.15, 0.2) is 0 Å². The van der Waals surface area contributed by atoms with Crippen LogP contribution in [-0.4, -0.2) is 12.2 Å². The maximum absolute atomic E-state index is 10.8. The maximum atomic E-state index is 10.8. The SMILES string of the molecule is CO[C@H](O)[n+]1c(-c2cc(C)ccc2C(C)(C)C)ccc2c(CC(C)C)cccc21. The van der Waals surface area contributed by atoms with Gasteiger partial charge in [-0.15, -0.1) is 4.57 Å². The Bertz CT molecular complexity index is 1020. The van der Waals surface area contributed by atoms with Crippen LogP contribution >= 0.6 is 0 Å². The van der Waals surface area contributed by atoms with Crippen LogP contribution in [0.25, 0.3) is 22.2 Å². The molecule has 3 heteroatoms. The number of nitrogens with zero attached hydrogens (tertiary/aromatic N) is 1. The number of benzene rings is 2. The van der Waals surface area contributed by atoms with Gasteiger partial charge in [-0.25, -0.2) is 0 Å². The number of aliphatic hydroxyl groups is 1. The quantitative estimate of drug-likeness (QED) is 0.447. The highest BCUT2D eigenvalue weighted by Crippen LogP contribution is 2.34. The molecular formula is C26H34NO2+. The van der Waals surface area contributed by atoms with Gasteiger partial charge in [-0.1, -0.05) is 64.4 Å². The van der Waals surface area contributed by atoms with Gasteiger partial charge >= 0.3 is 6.41 Å². The molecule has 154 valence electrons. The van der Waals surface area contributed by atoms with Crippen molar-refractivity contribution in [3.05, 3.63) is 65.2 Å². The van der Waals surface area contributed by atoms with Crippen LogP contribution < -0.4 is 4.57 Å². The number of fused-ring (bicyclic) bond motifs is 1. The molecule has 3 nitrogen and oxygen atoms in total. The van der Waals surface area contributed by atoms with Crippen molar-refractivity contribution in [2.24, 2.45) is 5.92 Å². The summed E-state index contributed by atoms with van der Waals surface area (Å²) in [7, 11) is 1.54. The summed E-state index contributed by atoms with van der Waals surface area (Å²) in [4.78, 5) is 0. The van der Waals surface area contributed by atoms with Gasteiger partial charge in [-0.05, 0) is 47.9 Å². The Kier molecular flexibility index (Phi) is 6.11. The highest BCUT2D eigenvalue weighted by Gasteiger charge is 2.29. The van der Waals surface area contributed by atoms with Crippen LogP contribution in [0.2, 0.25) is 0 Å². The molecule has 1 N–H and O–H groups in total. The Morgan fingerprint density at radius 3 is 2.38 bits per heavy atom. The highest BCUT2D eigenvalue weighted by molar-refractivity contribution is 5.81. The molecule has 1 atom stereocenters. The second-order valence-electron chi connectivity index (χ2n) is 9.40. The van der Waals surface area contributed by atoms with Crippen molar-refractivity contribution < 1.29 is 14.4 Å². The Morgan fingerprint density at radius 1 is 1.03 bits per heavy atom. The predicted octanol–water partition coefficient (Wildman–Crippen LogP) is 5.69. The van der Waals surface area contributed by atoms with Crippen molar-refractivity contribution in [3.8, 4) is 11.3 Å². The Hall–Kier alpha value is -2.23. The van der Waals surface area contributed by atoms with Gasteiger partial charge < -0.3 is 9.84 Å². The second-order valence-corrected chi connectivity index (χ2v) is 9.40. The molecule has 0 saturated carbocycles. The first-order valence-corrected chi connectivity index (χ1v) is 10.4. The number of aliphatic hydroxyl groups excluding tert-OH is 1. The van der Waals surface area contributed by atoms with Crippen LogP contribution in [0.5, 0.6) is 0 Å². The van der Waals surface area contributed by atoms with Crippen molar-refractivity contribution >= 4 is 10.9 Å². The number of hydrogen-bond donors (Lipinski definition) is 1. The van der Waals surface area contributed by atoms with Crippen molar-refractivity contribution in [2.75, 3.05) is 7.11 Å². The number of aryl methyl sites for hydroxylation is 1. The molecule has 0 aliphatic heterocycles. The smallest absolute Gasteiger partial charge is 0.313 e. The molecule has 0 aliphatic rings. The molecular weight excluding hydrogens is 358 g/mol. The van der Waals surface area contributed by atoms with E-state index in [1.165, 1.54) is 16.7 Å². The molecule has 1 aromatic heterocycles. The number of aromatic nitrogens is 1. The maximum Gasteiger partial charge on any atom is 0.379 e. The summed E-state index contributed by atoms with van der Waals surface area (Å²) in [6, 6.07) is 17.2. The minimum atomic E-state index is -1.06. The van der Waals surface area contributed by atoms with E-state index in [-0.39, 0.29) is 5.41 Å². The Balaban J connectivity index is 2.37. The normalized spacial score (nSPS) is 13.3. The van der Waals surface area contributed by atoms with Crippen LogP contribution in [0.3, 0.4) is 0 Å². The van der Waals surface area contributed by atoms with Gasteiger partial charge in [-0.2, -0.15) is 0 Å². The zero-order chi connectivity index (χ0) is 21.3. The van der Waals surface area contributed by atoms with Gasteiger partial charge in [0.1, 0.15) is 0 Å². The summed E-state index contributed by atoms with van der Waals surface area (Å²) in [6.07, 6.45) is -0.0615. The summed E-state index contributed by atoms with van der Waals surface area (Å²) in [5, 5.41) is 12.0. The van der Waals surface area contributed by atoms with E-state index in [0.717, 1.165) is 28.6 Å². The van der Waals surface area contributed by atoms with E-state index in [9.17, 15) is 5.11 Å². The standard InChI is InChI=1S/C26H34NO2/c1-17(2)15-19-9-8-10-23-20(19)12-14-24(27(23)25(28)29-7)21-16-18(3)11-13-22(21)26(4,5)6/h8-14,16-17,25,28H,15H2,1-7H3/q+1/t25-/m0/s1. The zero-order valence-corrected chi connectivity index (χ0v) is 18.8. The second kappa shape index (κ2) is 8.25. The van der Waals surface area contributed by atoms with Crippen LogP contribution in [-0.2, 0) is 16.6 Å². The molecule has 0 bridgehead atoms.